The van der Waals surface area contributed by atoms with Crippen LogP contribution in [0.25, 0.3) is 0 Å². The Bertz CT molecular complexity index is 501. The Morgan fingerprint density at radius 1 is 1.14 bits per heavy atom. The molecule has 2 heterocycles. The number of alkyl halides is 1. The van der Waals surface area contributed by atoms with Crippen molar-refractivity contribution in [1.29, 1.82) is 0 Å². The van der Waals surface area contributed by atoms with Gasteiger partial charge in [0.25, 0.3) is 0 Å². The molecular formula is C17H23FO4. The van der Waals surface area contributed by atoms with Crippen LogP contribution in [0.15, 0.2) is 18.2 Å². The summed E-state index contributed by atoms with van der Waals surface area (Å²) >= 11 is 0. The minimum absolute atomic E-state index is 0.0834. The van der Waals surface area contributed by atoms with E-state index < -0.39 is 19.3 Å². The summed E-state index contributed by atoms with van der Waals surface area (Å²) in [5, 5.41) is 0. The van der Waals surface area contributed by atoms with E-state index in [2.05, 4.69) is 26.0 Å². The first-order valence-corrected chi connectivity index (χ1v) is 7.83. The molecule has 2 saturated heterocycles. The molecule has 0 amide bonds. The van der Waals surface area contributed by atoms with Gasteiger partial charge in [-0.05, 0) is 37.0 Å². The molecule has 3 rings (SSSR count). The van der Waals surface area contributed by atoms with Gasteiger partial charge in [-0.15, -0.1) is 0 Å². The van der Waals surface area contributed by atoms with Crippen molar-refractivity contribution in [1.82, 2.24) is 0 Å². The summed E-state index contributed by atoms with van der Waals surface area (Å²) in [6, 6.07) is 6.19. The molecule has 0 aromatic heterocycles. The molecule has 1 aromatic carbocycles. The summed E-state index contributed by atoms with van der Waals surface area (Å²) in [6.45, 7) is 6.01. The van der Waals surface area contributed by atoms with Crippen molar-refractivity contribution in [2.24, 2.45) is 0 Å². The molecule has 0 bridgehead atoms. The topological polar surface area (TPSA) is 36.9 Å². The lowest BCUT2D eigenvalue weighted by atomic mass is 10.0. The molecule has 0 saturated carbocycles. The summed E-state index contributed by atoms with van der Waals surface area (Å²) < 4.78 is 35.6. The number of halogens is 1. The van der Waals surface area contributed by atoms with Crippen LogP contribution in [0.1, 0.15) is 30.0 Å². The van der Waals surface area contributed by atoms with Gasteiger partial charge in [0.2, 0.25) is 0 Å². The van der Waals surface area contributed by atoms with Crippen LogP contribution in [0.2, 0.25) is 0 Å². The largest absolute Gasteiger partial charge is 0.368 e. The molecule has 2 aliphatic heterocycles. The Morgan fingerprint density at radius 3 is 2.50 bits per heavy atom. The molecule has 5 heteroatoms. The highest BCUT2D eigenvalue weighted by Crippen LogP contribution is 2.36. The second-order valence-electron chi connectivity index (χ2n) is 5.92. The lowest BCUT2D eigenvalue weighted by molar-refractivity contribution is -0.178. The summed E-state index contributed by atoms with van der Waals surface area (Å²) in [5.74, 6) is 0. The van der Waals surface area contributed by atoms with Crippen molar-refractivity contribution < 1.29 is 23.3 Å². The fourth-order valence-corrected chi connectivity index (χ4v) is 3.16. The highest BCUT2D eigenvalue weighted by atomic mass is 19.1. The van der Waals surface area contributed by atoms with Crippen LogP contribution in [0.4, 0.5) is 4.39 Å². The maximum absolute atomic E-state index is 12.7. The molecule has 1 aromatic rings. The van der Waals surface area contributed by atoms with Gasteiger partial charge in [-0.25, -0.2) is 4.39 Å². The maximum atomic E-state index is 12.7. The average molecular weight is 310 g/mol. The molecule has 1 unspecified atom stereocenters. The molecule has 2 fully saturated rings. The van der Waals surface area contributed by atoms with Crippen LogP contribution in [-0.2, 0) is 25.6 Å². The molecule has 0 N–H and O–H groups in total. The highest BCUT2D eigenvalue weighted by Gasteiger charge is 2.52. The van der Waals surface area contributed by atoms with E-state index in [-0.39, 0.29) is 18.3 Å². The van der Waals surface area contributed by atoms with Gasteiger partial charge in [0.1, 0.15) is 18.9 Å². The second kappa shape index (κ2) is 6.62. The molecule has 5 atom stereocenters. The summed E-state index contributed by atoms with van der Waals surface area (Å²) in [4.78, 5) is 0. The number of fused-ring (bicyclic) bond motifs is 1. The van der Waals surface area contributed by atoms with Crippen molar-refractivity contribution in [3.8, 4) is 0 Å². The van der Waals surface area contributed by atoms with Gasteiger partial charge in [0, 0.05) is 0 Å². The Hall–Kier alpha value is -1.01. The van der Waals surface area contributed by atoms with E-state index in [4.69, 9.17) is 18.9 Å². The normalized spacial score (nSPS) is 34.1. The summed E-state index contributed by atoms with van der Waals surface area (Å²) in [5.41, 5.74) is 3.59. The predicted molar refractivity (Wildman–Crippen MR) is 79.2 cm³/mol. The Balaban J connectivity index is 1.70. The summed E-state index contributed by atoms with van der Waals surface area (Å²) in [6.07, 6.45) is -1.22. The number of hydrogen-bond donors (Lipinski definition) is 0. The fraction of sp³-hybridized carbons (Fsp3) is 0.647. The van der Waals surface area contributed by atoms with Gasteiger partial charge in [-0.1, -0.05) is 25.1 Å². The molecule has 2 aliphatic rings. The molecular weight excluding hydrogens is 287 g/mol. The van der Waals surface area contributed by atoms with Crippen LogP contribution in [0.3, 0.4) is 0 Å². The number of benzene rings is 1. The first-order valence-electron chi connectivity index (χ1n) is 7.83. The predicted octanol–water partition coefficient (Wildman–Crippen LogP) is 3.03. The first-order chi connectivity index (χ1) is 10.6. The second-order valence-corrected chi connectivity index (χ2v) is 5.92. The highest BCUT2D eigenvalue weighted by molar-refractivity contribution is 5.32. The van der Waals surface area contributed by atoms with E-state index >= 15 is 0 Å². The lowest BCUT2D eigenvalue weighted by Crippen LogP contribution is -2.35. The van der Waals surface area contributed by atoms with E-state index in [0.717, 1.165) is 6.42 Å². The van der Waals surface area contributed by atoms with Crippen LogP contribution < -0.4 is 0 Å². The minimum atomic E-state index is -0.834. The van der Waals surface area contributed by atoms with Crippen LogP contribution in [0, 0.1) is 13.8 Å². The van der Waals surface area contributed by atoms with E-state index in [1.54, 1.807) is 0 Å². The first kappa shape index (κ1) is 15.9. The Labute approximate surface area is 130 Å². The number of rotatable bonds is 5. The van der Waals surface area contributed by atoms with Crippen molar-refractivity contribution in [3.63, 3.8) is 0 Å². The molecule has 4 nitrogen and oxygen atoms in total. The van der Waals surface area contributed by atoms with E-state index in [9.17, 15) is 4.39 Å². The Morgan fingerprint density at radius 2 is 1.86 bits per heavy atom. The van der Waals surface area contributed by atoms with Crippen LogP contribution in [0.5, 0.6) is 0 Å². The van der Waals surface area contributed by atoms with Gasteiger partial charge < -0.3 is 18.9 Å². The third-order valence-electron chi connectivity index (χ3n) is 4.46. The van der Waals surface area contributed by atoms with E-state index in [1.165, 1.54) is 16.7 Å². The average Bonchev–Trinajstić information content (AvgIpc) is 3.04. The quantitative estimate of drug-likeness (QED) is 0.838. The molecule has 0 radical (unpaired) electrons. The number of ether oxygens (including phenoxy) is 4. The van der Waals surface area contributed by atoms with Gasteiger partial charge in [-0.2, -0.15) is 0 Å². The van der Waals surface area contributed by atoms with Crippen molar-refractivity contribution in [2.45, 2.75) is 64.7 Å². The van der Waals surface area contributed by atoms with Gasteiger partial charge in [0.05, 0.1) is 12.7 Å². The maximum Gasteiger partial charge on any atom is 0.190 e. The number of hydrogen-bond acceptors (Lipinski definition) is 4. The standard InChI is InChI=1S/C17H23FO4/c1-4-13-15(16-17(20-13)22-14(8-18)21-16)19-9-12-10(2)6-5-7-11(12)3/h5-7,13-17H,4,8-9H2,1-3H3/t13-,14?,15+,16-,17-/m1/s1. The SMILES string of the molecule is CC[C@H]1O[C@@H]2OC(CF)O[C@@H]2[C@H]1OCc1c(C)cccc1C. The minimum Gasteiger partial charge on any atom is -0.368 e. The Kier molecular flexibility index (Phi) is 4.78. The zero-order valence-electron chi connectivity index (χ0n) is 13.3. The van der Waals surface area contributed by atoms with E-state index in [0.29, 0.717) is 6.61 Å². The lowest BCUT2D eigenvalue weighted by Gasteiger charge is -2.23. The van der Waals surface area contributed by atoms with Crippen molar-refractivity contribution in [3.05, 3.63) is 34.9 Å². The molecule has 122 valence electrons. The van der Waals surface area contributed by atoms with Gasteiger partial charge in [-0.3, -0.25) is 0 Å². The molecule has 0 spiro atoms. The fourth-order valence-electron chi connectivity index (χ4n) is 3.16. The van der Waals surface area contributed by atoms with Crippen molar-refractivity contribution >= 4 is 0 Å². The zero-order valence-corrected chi connectivity index (χ0v) is 13.3. The van der Waals surface area contributed by atoms with Crippen molar-refractivity contribution in [2.75, 3.05) is 6.67 Å². The van der Waals surface area contributed by atoms with Crippen LogP contribution >= 0.6 is 0 Å². The van der Waals surface area contributed by atoms with E-state index in [1.807, 2.05) is 13.0 Å². The van der Waals surface area contributed by atoms with Crippen LogP contribution in [-0.4, -0.2) is 37.6 Å². The third-order valence-corrected chi connectivity index (χ3v) is 4.46. The zero-order chi connectivity index (χ0) is 15.7. The molecule has 0 aliphatic carbocycles. The molecule has 22 heavy (non-hydrogen) atoms. The van der Waals surface area contributed by atoms with Gasteiger partial charge >= 0.3 is 0 Å². The summed E-state index contributed by atoms with van der Waals surface area (Å²) in [7, 11) is 0. The number of aryl methyl sites for hydroxylation is 2. The monoisotopic (exact) mass is 310 g/mol. The smallest absolute Gasteiger partial charge is 0.190 e. The third kappa shape index (κ3) is 2.91. The van der Waals surface area contributed by atoms with Gasteiger partial charge in [0.15, 0.2) is 12.6 Å².